The maximum Gasteiger partial charge on any atom is 0.204 e. The van der Waals surface area contributed by atoms with Crippen molar-refractivity contribution >= 4 is 0 Å². The normalized spacial score (nSPS) is 10.0. The third kappa shape index (κ3) is 9.57. The first kappa shape index (κ1) is 31.6. The van der Waals surface area contributed by atoms with Crippen LogP contribution in [-0.4, -0.2) is 82.5 Å². The summed E-state index contributed by atoms with van der Waals surface area (Å²) in [6.07, 6.45) is 0. The smallest absolute Gasteiger partial charge is 0.177 e. The van der Waals surface area contributed by atoms with E-state index in [0.717, 1.165) is 22.3 Å². The Bertz CT molecular complexity index is 1900. The van der Waals surface area contributed by atoms with Crippen LogP contribution in [0.15, 0.2) is 103 Å². The van der Waals surface area contributed by atoms with Gasteiger partial charge in [0.05, 0.1) is 0 Å². The zero-order valence-corrected chi connectivity index (χ0v) is 25.7. The lowest BCUT2D eigenvalue weighted by atomic mass is 10.1. The highest BCUT2D eigenvalue weighted by Gasteiger charge is 2.02. The standard InChI is InChI=1S/3C8H8N4.C7H6N4/c2*1-6-2-4-7(5-3-6)8-9-11-12-10-8;1-6-3-2-4-7(5-6)8-9-11-12-10-8;1-2-4-6(5-3-1)7-8-10-11-9-7/h3*2-5H,1H3,(H,9,10,11,12);1-5H,(H,8,9,10,11). The summed E-state index contributed by atoms with van der Waals surface area (Å²) in [5.41, 5.74) is 7.57. The third-order valence-corrected chi connectivity index (χ3v) is 6.31. The van der Waals surface area contributed by atoms with Gasteiger partial charge in [-0.2, -0.15) is 20.9 Å². The summed E-state index contributed by atoms with van der Waals surface area (Å²) in [6.45, 7) is 6.11. The van der Waals surface area contributed by atoms with E-state index in [9.17, 15) is 0 Å². The second-order valence-corrected chi connectivity index (χ2v) is 9.91. The molecular formula is C31H30N16. The average Bonchev–Trinajstić information content (AvgIpc) is 3.96. The van der Waals surface area contributed by atoms with Crippen LogP contribution in [0.25, 0.3) is 45.6 Å². The maximum atomic E-state index is 3.88. The molecule has 4 aromatic heterocycles. The average molecular weight is 627 g/mol. The van der Waals surface area contributed by atoms with E-state index in [4.69, 9.17) is 0 Å². The van der Waals surface area contributed by atoms with E-state index in [2.05, 4.69) is 82.5 Å². The van der Waals surface area contributed by atoms with Crippen LogP contribution < -0.4 is 0 Å². The van der Waals surface area contributed by atoms with Gasteiger partial charge in [-0.05, 0) is 47.7 Å². The molecule has 8 aromatic rings. The summed E-state index contributed by atoms with van der Waals surface area (Å²) in [7, 11) is 0. The monoisotopic (exact) mass is 626 g/mol. The lowest BCUT2D eigenvalue weighted by Gasteiger charge is -1.94. The Morgan fingerprint density at radius 2 is 0.702 bits per heavy atom. The lowest BCUT2D eigenvalue weighted by molar-refractivity contribution is 0.881. The molecule has 0 aliphatic carbocycles. The van der Waals surface area contributed by atoms with Gasteiger partial charge in [0, 0.05) is 22.3 Å². The van der Waals surface area contributed by atoms with Gasteiger partial charge in [-0.1, -0.05) is 114 Å². The maximum absolute atomic E-state index is 3.88. The fourth-order valence-electron chi connectivity index (χ4n) is 3.91. The zero-order chi connectivity index (χ0) is 32.7. The number of H-pyrrole nitrogens is 4. The summed E-state index contributed by atoms with van der Waals surface area (Å²) in [6, 6.07) is 33.6. The Morgan fingerprint density at radius 3 is 1.06 bits per heavy atom. The Labute approximate surface area is 268 Å². The molecule has 0 aliphatic rings. The molecule has 0 aliphatic heterocycles. The Morgan fingerprint density at radius 1 is 0.340 bits per heavy atom. The van der Waals surface area contributed by atoms with Gasteiger partial charge in [0.1, 0.15) is 0 Å². The minimum absolute atomic E-state index is 0.630. The number of hydrogen-bond donors (Lipinski definition) is 4. The molecule has 0 fully saturated rings. The van der Waals surface area contributed by atoms with Crippen LogP contribution in [0.5, 0.6) is 0 Å². The predicted octanol–water partition coefficient (Wildman–Crippen LogP) is 4.39. The molecule has 47 heavy (non-hydrogen) atoms. The summed E-state index contributed by atoms with van der Waals surface area (Å²) < 4.78 is 0. The minimum atomic E-state index is 0.630. The molecule has 0 unspecified atom stereocenters. The summed E-state index contributed by atoms with van der Waals surface area (Å²) in [5.74, 6) is 2.54. The number of aryl methyl sites for hydroxylation is 3. The number of tetrazole rings is 4. The molecule has 4 N–H and O–H groups in total. The van der Waals surface area contributed by atoms with Crippen LogP contribution in [-0.2, 0) is 0 Å². The molecule has 0 spiro atoms. The van der Waals surface area contributed by atoms with Gasteiger partial charge in [-0.25, -0.2) is 0 Å². The number of hydrogen-bond acceptors (Lipinski definition) is 12. The number of benzene rings is 4. The first-order chi connectivity index (χ1) is 23.0. The quantitative estimate of drug-likeness (QED) is 0.214. The Balaban J connectivity index is 0.000000123. The van der Waals surface area contributed by atoms with Crippen LogP contribution in [0, 0.1) is 20.8 Å². The molecule has 0 bridgehead atoms. The minimum Gasteiger partial charge on any atom is -0.177 e. The Hall–Kier alpha value is -6.84. The molecule has 0 saturated carbocycles. The van der Waals surface area contributed by atoms with Crippen molar-refractivity contribution < 1.29 is 0 Å². The van der Waals surface area contributed by atoms with Crippen molar-refractivity contribution in [1.82, 2.24) is 82.5 Å². The molecule has 0 atom stereocenters. The highest BCUT2D eigenvalue weighted by atomic mass is 15.5. The molecule has 0 amide bonds. The first-order valence-corrected chi connectivity index (χ1v) is 14.3. The molecule has 0 radical (unpaired) electrons. The Kier molecular flexibility index (Phi) is 10.9. The number of nitrogens with one attached hydrogen (secondary N) is 4. The van der Waals surface area contributed by atoms with Crippen molar-refractivity contribution in [3.63, 3.8) is 0 Å². The molecule has 8 rings (SSSR count). The van der Waals surface area contributed by atoms with Gasteiger partial charge >= 0.3 is 0 Å². The van der Waals surface area contributed by atoms with Crippen molar-refractivity contribution in [3.8, 4) is 45.6 Å². The number of aromatic amines is 4. The second-order valence-electron chi connectivity index (χ2n) is 9.91. The van der Waals surface area contributed by atoms with E-state index in [1.165, 1.54) is 16.7 Å². The molecule has 16 nitrogen and oxygen atoms in total. The summed E-state index contributed by atoms with van der Waals surface area (Å²) in [4.78, 5) is 0. The van der Waals surface area contributed by atoms with Crippen molar-refractivity contribution in [2.75, 3.05) is 0 Å². The van der Waals surface area contributed by atoms with Gasteiger partial charge in [0.25, 0.3) is 0 Å². The molecule has 234 valence electrons. The molecule has 16 heteroatoms. The lowest BCUT2D eigenvalue weighted by Crippen LogP contribution is -1.81. The highest BCUT2D eigenvalue weighted by Crippen LogP contribution is 2.15. The number of rotatable bonds is 4. The van der Waals surface area contributed by atoms with E-state index >= 15 is 0 Å². The molecule has 0 saturated heterocycles. The van der Waals surface area contributed by atoms with Gasteiger partial charge in [-0.3, -0.25) is 0 Å². The van der Waals surface area contributed by atoms with Crippen LogP contribution in [0.1, 0.15) is 16.7 Å². The fourth-order valence-corrected chi connectivity index (χ4v) is 3.91. The third-order valence-electron chi connectivity index (χ3n) is 6.31. The van der Waals surface area contributed by atoms with Crippen molar-refractivity contribution in [2.24, 2.45) is 0 Å². The van der Waals surface area contributed by atoms with Crippen molar-refractivity contribution in [3.05, 3.63) is 120 Å². The summed E-state index contributed by atoms with van der Waals surface area (Å²) in [5, 5.41) is 54.5. The topological polar surface area (TPSA) is 218 Å². The molecule has 4 heterocycles. The van der Waals surface area contributed by atoms with Gasteiger partial charge < -0.3 is 0 Å². The van der Waals surface area contributed by atoms with Crippen LogP contribution in [0.3, 0.4) is 0 Å². The predicted molar refractivity (Wildman–Crippen MR) is 173 cm³/mol. The van der Waals surface area contributed by atoms with E-state index in [0.29, 0.717) is 23.3 Å². The zero-order valence-electron chi connectivity index (χ0n) is 25.7. The number of aromatic nitrogens is 16. The number of nitrogens with zero attached hydrogens (tertiary/aromatic N) is 12. The van der Waals surface area contributed by atoms with Crippen LogP contribution in [0.4, 0.5) is 0 Å². The van der Waals surface area contributed by atoms with Gasteiger partial charge in [0.15, 0.2) is 0 Å². The second kappa shape index (κ2) is 16.3. The highest BCUT2D eigenvalue weighted by molar-refractivity contribution is 5.56. The van der Waals surface area contributed by atoms with Gasteiger partial charge in [-0.15, -0.1) is 40.8 Å². The van der Waals surface area contributed by atoms with E-state index in [1.54, 1.807) is 0 Å². The van der Waals surface area contributed by atoms with Crippen molar-refractivity contribution in [1.29, 1.82) is 0 Å². The van der Waals surface area contributed by atoms with Crippen LogP contribution >= 0.6 is 0 Å². The van der Waals surface area contributed by atoms with E-state index in [-0.39, 0.29) is 0 Å². The van der Waals surface area contributed by atoms with Crippen LogP contribution in [0.2, 0.25) is 0 Å². The molecule has 4 aromatic carbocycles. The molecular weight excluding hydrogens is 596 g/mol. The SMILES string of the molecule is Cc1ccc(-c2nn[nH]n2)cc1.Cc1ccc(-c2nn[nH]n2)cc1.Cc1cccc(-c2nn[nH]n2)c1.c1ccc(-c2nn[nH]n2)cc1. The fraction of sp³-hybridized carbons (Fsp3) is 0.0968. The van der Waals surface area contributed by atoms with E-state index < -0.39 is 0 Å². The van der Waals surface area contributed by atoms with E-state index in [1.807, 2.05) is 124 Å². The first-order valence-electron chi connectivity index (χ1n) is 14.3. The van der Waals surface area contributed by atoms with Gasteiger partial charge in [0.2, 0.25) is 23.3 Å². The largest absolute Gasteiger partial charge is 0.204 e. The summed E-state index contributed by atoms with van der Waals surface area (Å²) >= 11 is 0. The van der Waals surface area contributed by atoms with Crippen molar-refractivity contribution in [2.45, 2.75) is 20.8 Å².